The number of amides is 2. The van der Waals surface area contributed by atoms with Crippen LogP contribution in [0.5, 0.6) is 0 Å². The fourth-order valence-corrected chi connectivity index (χ4v) is 4.28. The van der Waals surface area contributed by atoms with E-state index in [-0.39, 0.29) is 17.9 Å². The Morgan fingerprint density at radius 3 is 2.74 bits per heavy atom. The van der Waals surface area contributed by atoms with Gasteiger partial charge in [0.25, 0.3) is 5.91 Å². The molecular weight excluding hydrogens is 340 g/mol. The molecule has 140 valence electrons. The summed E-state index contributed by atoms with van der Waals surface area (Å²) >= 11 is 0. The van der Waals surface area contributed by atoms with Crippen molar-refractivity contribution in [2.24, 2.45) is 5.41 Å². The van der Waals surface area contributed by atoms with Gasteiger partial charge in [-0.25, -0.2) is 5.06 Å². The van der Waals surface area contributed by atoms with Crippen LogP contribution in [0.4, 0.5) is 0 Å². The predicted molar refractivity (Wildman–Crippen MR) is 101 cm³/mol. The molecule has 0 unspecified atom stereocenters. The molecular formula is C22H24N2O3. The Balaban J connectivity index is 1.51. The van der Waals surface area contributed by atoms with Gasteiger partial charge in [-0.2, -0.15) is 0 Å². The van der Waals surface area contributed by atoms with Crippen LogP contribution in [0.25, 0.3) is 0 Å². The number of rotatable bonds is 3. The quantitative estimate of drug-likeness (QED) is 0.650. The average molecular weight is 364 g/mol. The highest BCUT2D eigenvalue weighted by molar-refractivity contribution is 5.94. The van der Waals surface area contributed by atoms with Crippen molar-refractivity contribution < 1.29 is 14.8 Å². The Kier molecular flexibility index (Phi) is 4.48. The van der Waals surface area contributed by atoms with E-state index in [0.29, 0.717) is 5.56 Å². The fraction of sp³-hybridized carbons (Fsp3) is 0.364. The zero-order chi connectivity index (χ0) is 19.0. The minimum Gasteiger partial charge on any atom is -0.356 e. The summed E-state index contributed by atoms with van der Waals surface area (Å²) in [4.78, 5) is 24.9. The molecule has 1 atom stereocenters. The second kappa shape index (κ2) is 6.82. The van der Waals surface area contributed by atoms with Gasteiger partial charge in [0.05, 0.1) is 12.0 Å². The topological polar surface area (TPSA) is 69.6 Å². The van der Waals surface area contributed by atoms with Crippen LogP contribution in [0.2, 0.25) is 0 Å². The molecule has 2 aliphatic rings. The Bertz CT molecular complexity index is 908. The molecule has 2 N–H and O–H groups in total. The zero-order valence-corrected chi connectivity index (χ0v) is 15.5. The number of carbonyl (C=O) groups excluding carboxylic acids is 2. The molecule has 4 rings (SSSR count). The molecule has 0 aromatic heterocycles. The van der Waals surface area contributed by atoms with E-state index in [1.807, 2.05) is 43.3 Å². The summed E-state index contributed by atoms with van der Waals surface area (Å²) in [6.45, 7) is 2.87. The molecule has 1 aliphatic carbocycles. The Morgan fingerprint density at radius 1 is 1.19 bits per heavy atom. The van der Waals surface area contributed by atoms with Crippen LogP contribution in [0.1, 0.15) is 45.5 Å². The van der Waals surface area contributed by atoms with Crippen LogP contribution >= 0.6 is 0 Å². The van der Waals surface area contributed by atoms with Crippen molar-refractivity contribution in [1.82, 2.24) is 10.4 Å². The van der Waals surface area contributed by atoms with Crippen LogP contribution in [0, 0.1) is 12.3 Å². The lowest BCUT2D eigenvalue weighted by Crippen LogP contribution is -2.36. The molecule has 0 bridgehead atoms. The molecule has 27 heavy (non-hydrogen) atoms. The van der Waals surface area contributed by atoms with E-state index in [4.69, 9.17) is 0 Å². The minimum absolute atomic E-state index is 0.159. The van der Waals surface area contributed by atoms with Crippen molar-refractivity contribution in [2.45, 2.75) is 39.2 Å². The third-order valence-corrected chi connectivity index (χ3v) is 6.04. The SMILES string of the molecule is Cc1ccccc1CN(O)C(=O)c1ccc2c(c1)CC[C@]1(CCNC1=O)C2. The maximum absolute atomic E-state index is 12.7. The van der Waals surface area contributed by atoms with Crippen molar-refractivity contribution in [3.63, 3.8) is 0 Å². The van der Waals surface area contributed by atoms with Gasteiger partial charge < -0.3 is 5.32 Å². The van der Waals surface area contributed by atoms with Gasteiger partial charge in [0, 0.05) is 12.1 Å². The molecule has 5 nitrogen and oxygen atoms in total. The molecule has 2 aromatic rings. The lowest BCUT2D eigenvalue weighted by molar-refractivity contribution is -0.128. The van der Waals surface area contributed by atoms with E-state index >= 15 is 0 Å². The number of nitrogens with zero attached hydrogens (tertiary/aromatic N) is 1. The standard InChI is InChI=1S/C22H24N2O3/c1-15-4-2-3-5-19(15)14-24(27)20(25)17-6-7-18-13-22(9-8-16(18)12-17)10-11-23-21(22)26/h2-7,12,27H,8-11,13-14H2,1H3,(H,23,26)/t22-/m0/s1. The van der Waals surface area contributed by atoms with Crippen LogP contribution in [0.3, 0.4) is 0 Å². The molecule has 1 aliphatic heterocycles. The summed E-state index contributed by atoms with van der Waals surface area (Å²) in [6.07, 6.45) is 3.21. The van der Waals surface area contributed by atoms with Gasteiger partial charge in [-0.3, -0.25) is 14.8 Å². The first-order valence-corrected chi connectivity index (χ1v) is 9.44. The number of hydroxylamine groups is 2. The summed E-state index contributed by atoms with van der Waals surface area (Å²) in [5.41, 5.74) is 4.41. The van der Waals surface area contributed by atoms with Gasteiger partial charge in [0.1, 0.15) is 0 Å². The summed E-state index contributed by atoms with van der Waals surface area (Å²) in [5.74, 6) is -0.243. The summed E-state index contributed by atoms with van der Waals surface area (Å²) in [7, 11) is 0. The molecule has 1 heterocycles. The van der Waals surface area contributed by atoms with Crippen molar-refractivity contribution in [2.75, 3.05) is 6.54 Å². The second-order valence-electron chi connectivity index (χ2n) is 7.74. The van der Waals surface area contributed by atoms with Crippen molar-refractivity contribution in [3.8, 4) is 0 Å². The third kappa shape index (κ3) is 3.23. The lowest BCUT2D eigenvalue weighted by atomic mass is 9.70. The molecule has 0 saturated carbocycles. The number of carbonyl (C=O) groups is 2. The van der Waals surface area contributed by atoms with E-state index in [0.717, 1.165) is 59.5 Å². The minimum atomic E-state index is -0.403. The maximum atomic E-state index is 12.7. The number of hydrogen-bond donors (Lipinski definition) is 2. The monoisotopic (exact) mass is 364 g/mol. The van der Waals surface area contributed by atoms with E-state index in [1.54, 1.807) is 6.07 Å². The summed E-state index contributed by atoms with van der Waals surface area (Å²) in [6, 6.07) is 13.3. The first-order valence-electron chi connectivity index (χ1n) is 9.44. The van der Waals surface area contributed by atoms with Gasteiger partial charge in [0.2, 0.25) is 5.91 Å². The molecule has 2 aromatic carbocycles. The van der Waals surface area contributed by atoms with Crippen LogP contribution in [-0.4, -0.2) is 28.6 Å². The van der Waals surface area contributed by atoms with Crippen LogP contribution in [-0.2, 0) is 24.2 Å². The number of fused-ring (bicyclic) bond motifs is 1. The highest BCUT2D eigenvalue weighted by atomic mass is 16.5. The Hall–Kier alpha value is -2.66. The van der Waals surface area contributed by atoms with E-state index < -0.39 is 5.91 Å². The maximum Gasteiger partial charge on any atom is 0.277 e. The van der Waals surface area contributed by atoms with Gasteiger partial charge in [-0.05, 0) is 67.0 Å². The first-order chi connectivity index (χ1) is 13.0. The zero-order valence-electron chi connectivity index (χ0n) is 15.5. The number of aryl methyl sites for hydroxylation is 2. The van der Waals surface area contributed by atoms with Gasteiger partial charge in [-0.15, -0.1) is 0 Å². The van der Waals surface area contributed by atoms with E-state index in [1.165, 1.54) is 0 Å². The molecule has 0 radical (unpaired) electrons. The van der Waals surface area contributed by atoms with Crippen molar-refractivity contribution in [3.05, 3.63) is 70.3 Å². The Morgan fingerprint density at radius 2 is 2.00 bits per heavy atom. The lowest BCUT2D eigenvalue weighted by Gasteiger charge is -2.32. The molecule has 1 saturated heterocycles. The molecule has 2 amide bonds. The molecule has 1 fully saturated rings. The van der Waals surface area contributed by atoms with E-state index in [9.17, 15) is 14.8 Å². The second-order valence-corrected chi connectivity index (χ2v) is 7.74. The normalized spacial score (nSPS) is 21.0. The van der Waals surface area contributed by atoms with Crippen LogP contribution < -0.4 is 5.32 Å². The number of hydrogen-bond acceptors (Lipinski definition) is 3. The predicted octanol–water partition coefficient (Wildman–Crippen LogP) is 3.02. The molecule has 5 heteroatoms. The van der Waals surface area contributed by atoms with Crippen molar-refractivity contribution in [1.29, 1.82) is 0 Å². The largest absolute Gasteiger partial charge is 0.356 e. The average Bonchev–Trinajstić information content (AvgIpc) is 3.02. The van der Waals surface area contributed by atoms with Crippen molar-refractivity contribution >= 4 is 11.8 Å². The number of benzene rings is 2. The highest BCUT2D eigenvalue weighted by Gasteiger charge is 2.44. The molecule has 1 spiro atoms. The van der Waals surface area contributed by atoms with Gasteiger partial charge >= 0.3 is 0 Å². The summed E-state index contributed by atoms with van der Waals surface area (Å²) < 4.78 is 0. The van der Waals surface area contributed by atoms with Crippen LogP contribution in [0.15, 0.2) is 42.5 Å². The van der Waals surface area contributed by atoms with Gasteiger partial charge in [-0.1, -0.05) is 30.3 Å². The third-order valence-electron chi connectivity index (χ3n) is 6.04. The highest BCUT2D eigenvalue weighted by Crippen LogP contribution is 2.41. The summed E-state index contributed by atoms with van der Waals surface area (Å²) in [5, 5.41) is 14.0. The van der Waals surface area contributed by atoms with Gasteiger partial charge in [0.15, 0.2) is 0 Å². The Labute approximate surface area is 159 Å². The number of nitrogens with one attached hydrogen (secondary N) is 1. The smallest absolute Gasteiger partial charge is 0.277 e. The first kappa shape index (κ1) is 17.7. The fourth-order valence-electron chi connectivity index (χ4n) is 4.28. The van der Waals surface area contributed by atoms with E-state index in [2.05, 4.69) is 5.32 Å².